The summed E-state index contributed by atoms with van der Waals surface area (Å²) in [4.78, 5) is 15.7. The minimum Gasteiger partial charge on any atom is -0.469 e. The van der Waals surface area contributed by atoms with Crippen molar-refractivity contribution in [2.45, 2.75) is 123 Å². The Morgan fingerprint density at radius 2 is 1.32 bits per heavy atom. The van der Waals surface area contributed by atoms with Gasteiger partial charge >= 0.3 is 0 Å². The summed E-state index contributed by atoms with van der Waals surface area (Å²) in [7, 11) is 0. The summed E-state index contributed by atoms with van der Waals surface area (Å²) in [6.07, 6.45) is 20.5. The number of amides is 1. The molecule has 1 rings (SSSR count). The van der Waals surface area contributed by atoms with E-state index >= 15 is 0 Å². The summed E-state index contributed by atoms with van der Waals surface area (Å²) in [6.45, 7) is 6.63. The zero-order chi connectivity index (χ0) is 18.4. The van der Waals surface area contributed by atoms with E-state index in [1.54, 1.807) is 0 Å². The van der Waals surface area contributed by atoms with Crippen LogP contribution in [-0.4, -0.2) is 18.4 Å². The van der Waals surface area contributed by atoms with Crippen LogP contribution in [0.4, 0.5) is 0 Å². The molecule has 0 spiro atoms. The zero-order valence-electron chi connectivity index (χ0n) is 17.0. The van der Waals surface area contributed by atoms with Crippen LogP contribution in [0.1, 0.15) is 117 Å². The van der Waals surface area contributed by atoms with Gasteiger partial charge in [0.15, 0.2) is 12.5 Å². The lowest BCUT2D eigenvalue weighted by Gasteiger charge is -2.35. The van der Waals surface area contributed by atoms with Gasteiger partial charge in [0.2, 0.25) is 0 Å². The number of hydrogen-bond acceptors (Lipinski definition) is 2. The van der Waals surface area contributed by atoms with Gasteiger partial charge in [-0.05, 0) is 19.3 Å². The Morgan fingerprint density at radius 3 is 1.72 bits per heavy atom. The van der Waals surface area contributed by atoms with E-state index in [9.17, 15) is 4.79 Å². The molecule has 0 aromatic rings. The summed E-state index contributed by atoms with van der Waals surface area (Å²) in [6, 6.07) is 0. The van der Waals surface area contributed by atoms with E-state index in [2.05, 4.69) is 25.8 Å². The topological polar surface area (TPSA) is 38.7 Å². The van der Waals surface area contributed by atoms with Gasteiger partial charge in [-0.3, -0.25) is 4.79 Å². The van der Waals surface area contributed by atoms with Gasteiger partial charge in [-0.25, -0.2) is 0 Å². The number of carbonyl (C=O) groups is 1. The average molecular weight is 352 g/mol. The fourth-order valence-electron chi connectivity index (χ4n) is 4.10. The summed E-state index contributed by atoms with van der Waals surface area (Å²) >= 11 is 0. The number of rotatable bonds is 16. The third-order valence-electron chi connectivity index (χ3n) is 6.09. The van der Waals surface area contributed by atoms with Crippen molar-refractivity contribution in [1.29, 1.82) is 0 Å². The maximum atomic E-state index is 11.9. The van der Waals surface area contributed by atoms with Crippen LogP contribution in [0.25, 0.3) is 0 Å². The van der Waals surface area contributed by atoms with E-state index < -0.39 is 0 Å². The molecular formula is C22H41NO2. The summed E-state index contributed by atoms with van der Waals surface area (Å²) in [5.41, 5.74) is -0.0218. The summed E-state index contributed by atoms with van der Waals surface area (Å²) in [5.74, 6) is -0.0809. The lowest BCUT2D eigenvalue weighted by molar-refractivity contribution is -0.129. The highest BCUT2D eigenvalue weighted by Crippen LogP contribution is 2.39. The normalized spacial score (nSPS) is 17.2. The number of unbranched alkanes of at least 4 members (excludes halogenated alkanes) is 11. The fourth-order valence-corrected chi connectivity index (χ4v) is 4.10. The molecule has 146 valence electrons. The molecule has 0 aromatic carbocycles. The molecule has 0 bridgehead atoms. The molecule has 1 heterocycles. The minimum atomic E-state index is -0.338. The molecule has 1 amide bonds. The Hall–Kier alpha value is -0.860. The van der Waals surface area contributed by atoms with Gasteiger partial charge in [-0.2, -0.15) is 4.99 Å². The highest BCUT2D eigenvalue weighted by Gasteiger charge is 2.43. The van der Waals surface area contributed by atoms with Gasteiger partial charge in [-0.1, -0.05) is 97.8 Å². The van der Waals surface area contributed by atoms with Crippen molar-refractivity contribution in [3.05, 3.63) is 0 Å². The number of hydrogen-bond donors (Lipinski definition) is 0. The summed E-state index contributed by atoms with van der Waals surface area (Å²) < 4.78 is 5.53. The standard InChI is InChI=1S/C22H41NO2/c1-4-7-8-9-10-11-12-13-14-15-16-17-18-22(5-2,6-3)20-21(24)23-19-25-20/h19-20H,4-18H2,1-3H3. The Kier molecular flexibility index (Phi) is 11.9. The van der Waals surface area contributed by atoms with Gasteiger partial charge in [0, 0.05) is 5.41 Å². The average Bonchev–Trinajstić information content (AvgIpc) is 3.06. The van der Waals surface area contributed by atoms with E-state index in [0.717, 1.165) is 19.3 Å². The number of ether oxygens (including phenoxy) is 1. The van der Waals surface area contributed by atoms with Crippen LogP contribution >= 0.6 is 0 Å². The van der Waals surface area contributed by atoms with Crippen LogP contribution < -0.4 is 0 Å². The Morgan fingerprint density at radius 1 is 0.840 bits per heavy atom. The Bertz CT molecular complexity index is 374. The molecule has 0 saturated heterocycles. The van der Waals surface area contributed by atoms with Crippen molar-refractivity contribution in [3.63, 3.8) is 0 Å². The maximum absolute atomic E-state index is 11.9. The predicted molar refractivity (Wildman–Crippen MR) is 107 cm³/mol. The van der Waals surface area contributed by atoms with Crippen molar-refractivity contribution >= 4 is 12.3 Å². The highest BCUT2D eigenvalue weighted by molar-refractivity contribution is 5.92. The molecule has 0 saturated carbocycles. The SMILES string of the molecule is CCCCCCCCCCCCCCC(CC)(CC)C1OC=NC1=O. The van der Waals surface area contributed by atoms with Crippen LogP contribution in [0.3, 0.4) is 0 Å². The van der Waals surface area contributed by atoms with Crippen LogP contribution in [0, 0.1) is 5.41 Å². The van der Waals surface area contributed by atoms with Crippen molar-refractivity contribution in [1.82, 2.24) is 0 Å². The molecule has 0 aliphatic carbocycles. The lowest BCUT2D eigenvalue weighted by Crippen LogP contribution is -2.39. The van der Waals surface area contributed by atoms with Crippen molar-refractivity contribution in [3.8, 4) is 0 Å². The quantitative estimate of drug-likeness (QED) is 0.286. The molecule has 1 unspecified atom stereocenters. The first kappa shape index (κ1) is 22.2. The molecule has 3 heteroatoms. The molecule has 0 aromatic heterocycles. The zero-order valence-corrected chi connectivity index (χ0v) is 17.0. The van der Waals surface area contributed by atoms with E-state index in [-0.39, 0.29) is 17.4 Å². The second kappa shape index (κ2) is 13.4. The molecular weight excluding hydrogens is 310 g/mol. The largest absolute Gasteiger partial charge is 0.469 e. The number of aliphatic imine (C=N–C) groups is 1. The smallest absolute Gasteiger partial charge is 0.290 e. The Balaban J connectivity index is 2.06. The molecule has 0 N–H and O–H groups in total. The maximum Gasteiger partial charge on any atom is 0.290 e. The second-order valence-electron chi connectivity index (χ2n) is 7.80. The third kappa shape index (κ3) is 7.92. The van der Waals surface area contributed by atoms with Gasteiger partial charge < -0.3 is 4.74 Å². The monoisotopic (exact) mass is 351 g/mol. The molecule has 3 nitrogen and oxygen atoms in total. The summed E-state index contributed by atoms with van der Waals surface area (Å²) in [5, 5.41) is 0. The van der Waals surface area contributed by atoms with Crippen molar-refractivity contribution in [2.24, 2.45) is 10.4 Å². The molecule has 25 heavy (non-hydrogen) atoms. The van der Waals surface area contributed by atoms with Crippen LogP contribution in [0.2, 0.25) is 0 Å². The van der Waals surface area contributed by atoms with Crippen LogP contribution in [-0.2, 0) is 9.53 Å². The Labute approximate surface area is 156 Å². The lowest BCUT2D eigenvalue weighted by atomic mass is 9.72. The van der Waals surface area contributed by atoms with Crippen molar-refractivity contribution in [2.75, 3.05) is 0 Å². The minimum absolute atomic E-state index is 0.0218. The highest BCUT2D eigenvalue weighted by atomic mass is 16.5. The van der Waals surface area contributed by atoms with Crippen LogP contribution in [0.5, 0.6) is 0 Å². The number of nitrogens with zero attached hydrogens (tertiary/aromatic N) is 1. The first-order chi connectivity index (χ1) is 12.2. The molecule has 1 aliphatic heterocycles. The van der Waals surface area contributed by atoms with Gasteiger partial charge in [0.1, 0.15) is 0 Å². The second-order valence-corrected chi connectivity index (χ2v) is 7.80. The molecule has 0 radical (unpaired) electrons. The number of carbonyl (C=O) groups excluding carboxylic acids is 1. The first-order valence-electron chi connectivity index (χ1n) is 10.9. The first-order valence-corrected chi connectivity index (χ1v) is 10.9. The van der Waals surface area contributed by atoms with E-state index in [1.807, 2.05) is 0 Å². The van der Waals surface area contributed by atoms with E-state index in [0.29, 0.717) is 0 Å². The van der Waals surface area contributed by atoms with Gasteiger partial charge in [0.05, 0.1) is 0 Å². The third-order valence-corrected chi connectivity index (χ3v) is 6.09. The van der Waals surface area contributed by atoms with E-state index in [4.69, 9.17) is 4.74 Å². The predicted octanol–water partition coefficient (Wildman–Crippen LogP) is 6.84. The fraction of sp³-hybridized carbons (Fsp3) is 0.909. The van der Waals surface area contributed by atoms with Gasteiger partial charge in [-0.15, -0.1) is 0 Å². The molecule has 0 fully saturated rings. The van der Waals surface area contributed by atoms with Crippen molar-refractivity contribution < 1.29 is 9.53 Å². The molecule has 1 atom stereocenters. The van der Waals surface area contributed by atoms with Gasteiger partial charge in [0.25, 0.3) is 5.91 Å². The van der Waals surface area contributed by atoms with E-state index in [1.165, 1.54) is 83.5 Å². The molecule has 1 aliphatic rings. The van der Waals surface area contributed by atoms with Crippen LogP contribution in [0.15, 0.2) is 4.99 Å².